The van der Waals surface area contributed by atoms with Crippen LogP contribution in [0.15, 0.2) is 77.1 Å². The Hall–Kier alpha value is -3.02. The molecule has 0 saturated heterocycles. The van der Waals surface area contributed by atoms with E-state index >= 15 is 0 Å². The molecular formula is C25H30F2N2O2. The Morgan fingerprint density at radius 1 is 1.13 bits per heavy atom. The largest absolute Gasteiger partial charge is 0.292 e. The van der Waals surface area contributed by atoms with Gasteiger partial charge in [-0.05, 0) is 49.8 Å². The summed E-state index contributed by atoms with van der Waals surface area (Å²) in [4.78, 5) is 24.8. The van der Waals surface area contributed by atoms with E-state index in [9.17, 15) is 18.4 Å². The van der Waals surface area contributed by atoms with Crippen LogP contribution in [0.2, 0.25) is 0 Å². The van der Waals surface area contributed by atoms with Crippen LogP contribution in [-0.4, -0.2) is 22.7 Å². The molecule has 4 nitrogen and oxygen atoms in total. The van der Waals surface area contributed by atoms with Gasteiger partial charge in [-0.2, -0.15) is 5.01 Å². The lowest BCUT2D eigenvalue weighted by molar-refractivity contribution is -0.140. The van der Waals surface area contributed by atoms with Gasteiger partial charge in [0.15, 0.2) is 0 Å². The van der Waals surface area contributed by atoms with Crippen molar-refractivity contribution in [1.29, 1.82) is 0 Å². The van der Waals surface area contributed by atoms with E-state index in [1.54, 1.807) is 13.8 Å². The summed E-state index contributed by atoms with van der Waals surface area (Å²) in [6.45, 7) is 11.7. The topological polar surface area (TPSA) is 49.4 Å². The van der Waals surface area contributed by atoms with Crippen LogP contribution in [0.4, 0.5) is 8.78 Å². The Morgan fingerprint density at radius 2 is 1.68 bits per heavy atom. The van der Waals surface area contributed by atoms with E-state index in [4.69, 9.17) is 0 Å². The van der Waals surface area contributed by atoms with E-state index in [-0.39, 0.29) is 11.5 Å². The Balaban J connectivity index is 2.36. The lowest BCUT2D eigenvalue weighted by Gasteiger charge is -2.23. The highest BCUT2D eigenvalue weighted by Crippen LogP contribution is 2.31. The molecule has 0 fully saturated rings. The van der Waals surface area contributed by atoms with Crippen LogP contribution in [0.1, 0.15) is 46.6 Å². The second kappa shape index (κ2) is 9.86. The minimum absolute atomic E-state index is 0.0906. The molecule has 2 rings (SSSR count). The lowest BCUT2D eigenvalue weighted by atomic mass is 9.94. The van der Waals surface area contributed by atoms with Crippen molar-refractivity contribution in [3.8, 4) is 0 Å². The maximum atomic E-state index is 14.4. The summed E-state index contributed by atoms with van der Waals surface area (Å²) in [5, 5.41) is 0.944. The van der Waals surface area contributed by atoms with Crippen LogP contribution in [0, 0.1) is 5.92 Å². The molecule has 31 heavy (non-hydrogen) atoms. The number of alkyl halides is 2. The van der Waals surface area contributed by atoms with Gasteiger partial charge in [-0.15, -0.1) is 0 Å². The van der Waals surface area contributed by atoms with Crippen molar-refractivity contribution in [2.45, 2.75) is 53.4 Å². The van der Waals surface area contributed by atoms with E-state index in [0.717, 1.165) is 17.5 Å². The zero-order chi connectivity index (χ0) is 23.3. The Bertz CT molecular complexity index is 929. The molecular weight excluding hydrogens is 398 g/mol. The molecule has 1 aliphatic heterocycles. The Morgan fingerprint density at radius 3 is 2.16 bits per heavy atom. The van der Waals surface area contributed by atoms with E-state index in [1.165, 1.54) is 12.2 Å². The van der Waals surface area contributed by atoms with Gasteiger partial charge in [0.1, 0.15) is 0 Å². The van der Waals surface area contributed by atoms with Crippen molar-refractivity contribution in [2.24, 2.45) is 5.92 Å². The van der Waals surface area contributed by atoms with Crippen LogP contribution in [-0.2, 0) is 16.0 Å². The summed E-state index contributed by atoms with van der Waals surface area (Å²) >= 11 is 0. The predicted molar refractivity (Wildman–Crippen MR) is 119 cm³/mol. The molecule has 2 amide bonds. The molecule has 166 valence electrons. The predicted octanol–water partition coefficient (Wildman–Crippen LogP) is 5.51. The maximum Gasteiger partial charge on any atom is 0.275 e. The highest BCUT2D eigenvalue weighted by atomic mass is 19.3. The number of rotatable bonds is 9. The molecule has 1 aromatic carbocycles. The van der Waals surface area contributed by atoms with Gasteiger partial charge in [0.05, 0.1) is 0 Å². The average Bonchev–Trinajstić information content (AvgIpc) is 2.89. The molecule has 1 N–H and O–H groups in total. The first kappa shape index (κ1) is 24.3. The number of allylic oxidation sites excluding steroid dienone is 5. The molecule has 0 aromatic heterocycles. The monoisotopic (exact) mass is 428 g/mol. The van der Waals surface area contributed by atoms with Gasteiger partial charge in [0.2, 0.25) is 0 Å². The molecule has 0 bridgehead atoms. The molecule has 1 aromatic rings. The molecule has 6 heteroatoms. The lowest BCUT2D eigenvalue weighted by Crippen LogP contribution is -2.44. The number of nitrogens with one attached hydrogen (secondary N) is 1. The minimum atomic E-state index is -3.10. The average molecular weight is 429 g/mol. The number of hydrogen-bond donors (Lipinski definition) is 1. The molecule has 1 unspecified atom stereocenters. The van der Waals surface area contributed by atoms with Gasteiger partial charge in [0, 0.05) is 29.3 Å². The maximum absolute atomic E-state index is 14.4. The number of benzene rings is 1. The number of hydrogen-bond acceptors (Lipinski definition) is 3. The smallest absolute Gasteiger partial charge is 0.275 e. The van der Waals surface area contributed by atoms with Gasteiger partial charge in [-0.1, -0.05) is 56.8 Å². The van der Waals surface area contributed by atoms with Crippen molar-refractivity contribution in [3.63, 3.8) is 0 Å². The Labute approximate surface area is 183 Å². The second-order valence-corrected chi connectivity index (χ2v) is 7.97. The number of amides is 2. The summed E-state index contributed by atoms with van der Waals surface area (Å²) < 4.78 is 28.8. The van der Waals surface area contributed by atoms with Crippen molar-refractivity contribution in [3.05, 3.63) is 82.6 Å². The van der Waals surface area contributed by atoms with Crippen molar-refractivity contribution >= 4 is 11.8 Å². The first-order chi connectivity index (χ1) is 14.5. The van der Waals surface area contributed by atoms with Crippen molar-refractivity contribution in [2.75, 3.05) is 0 Å². The van der Waals surface area contributed by atoms with Crippen LogP contribution < -0.4 is 5.43 Å². The molecule has 0 saturated carbocycles. The molecule has 0 radical (unpaired) electrons. The van der Waals surface area contributed by atoms with Crippen LogP contribution in [0.5, 0.6) is 0 Å². The highest BCUT2D eigenvalue weighted by molar-refractivity contribution is 6.18. The van der Waals surface area contributed by atoms with E-state index < -0.39 is 17.7 Å². The molecule has 0 aliphatic carbocycles. The highest BCUT2D eigenvalue weighted by Gasteiger charge is 2.34. The zero-order valence-corrected chi connectivity index (χ0v) is 18.8. The first-order valence-electron chi connectivity index (χ1n) is 10.3. The van der Waals surface area contributed by atoms with Gasteiger partial charge >= 0.3 is 0 Å². The normalized spacial score (nSPS) is 16.8. The SMILES string of the molecule is C=C(Cc1ccccc1)/C(=C\C=C(\NN1C(=O)C(C)=C(C)C1=O)C(C)CC)C(C)(F)F. The van der Waals surface area contributed by atoms with E-state index in [2.05, 4.69) is 12.0 Å². The van der Waals surface area contributed by atoms with Crippen LogP contribution in [0.3, 0.4) is 0 Å². The number of imide groups is 1. The van der Waals surface area contributed by atoms with E-state index in [1.807, 2.05) is 44.2 Å². The number of carbonyl (C=O) groups excluding carboxylic acids is 2. The zero-order valence-electron chi connectivity index (χ0n) is 18.8. The van der Waals surface area contributed by atoms with Gasteiger partial charge in [-0.25, -0.2) is 8.78 Å². The number of halogens is 2. The van der Waals surface area contributed by atoms with Crippen molar-refractivity contribution < 1.29 is 18.4 Å². The number of carbonyl (C=O) groups is 2. The third-order valence-corrected chi connectivity index (χ3v) is 5.54. The molecule has 0 spiro atoms. The standard InChI is InChI=1S/C25H30F2N2O2/c1-7-16(2)22(28-29-23(30)18(4)19(5)24(29)31)14-13-21(25(6,26)27)17(3)15-20-11-9-8-10-12-20/h8-14,16,28H,3,7,15H2,1-2,4-6H3/b21-13+,22-14+. The summed E-state index contributed by atoms with van der Waals surface area (Å²) in [6, 6.07) is 9.29. The fourth-order valence-corrected chi connectivity index (χ4v) is 3.20. The fraction of sp³-hybridized carbons (Fsp3) is 0.360. The summed E-state index contributed by atoms with van der Waals surface area (Å²) in [7, 11) is 0. The molecule has 1 aliphatic rings. The van der Waals surface area contributed by atoms with Crippen LogP contribution >= 0.6 is 0 Å². The van der Waals surface area contributed by atoms with Gasteiger partial charge < -0.3 is 0 Å². The Kier molecular flexibility index (Phi) is 7.71. The van der Waals surface area contributed by atoms with Gasteiger partial charge in [-0.3, -0.25) is 15.0 Å². The summed E-state index contributed by atoms with van der Waals surface area (Å²) in [6.07, 6.45) is 3.83. The third kappa shape index (κ3) is 5.78. The molecule has 1 atom stereocenters. The van der Waals surface area contributed by atoms with Gasteiger partial charge in [0.25, 0.3) is 17.7 Å². The quantitative estimate of drug-likeness (QED) is 0.417. The number of nitrogens with zero attached hydrogens (tertiary/aromatic N) is 1. The van der Waals surface area contributed by atoms with Crippen LogP contribution in [0.25, 0.3) is 0 Å². The second-order valence-electron chi connectivity index (χ2n) is 7.97. The fourth-order valence-electron chi connectivity index (χ4n) is 3.20. The summed E-state index contributed by atoms with van der Waals surface area (Å²) in [5.41, 5.74) is 5.10. The first-order valence-corrected chi connectivity index (χ1v) is 10.3. The minimum Gasteiger partial charge on any atom is -0.292 e. The third-order valence-electron chi connectivity index (χ3n) is 5.54. The number of hydrazine groups is 1. The molecule has 1 heterocycles. The van der Waals surface area contributed by atoms with E-state index in [0.29, 0.717) is 35.3 Å². The van der Waals surface area contributed by atoms with Crippen molar-refractivity contribution in [1.82, 2.24) is 10.4 Å². The summed E-state index contributed by atoms with van der Waals surface area (Å²) in [5.74, 6) is -4.06.